The standard InChI is InChI=1S/C13H9.C10H9.2C6H5.H2Si.Zr/c1-3-7-12-10(5-1)9-11-6-2-4-8-13(11)12;1-8-6-7-9-4-2-3-5-10(8)9;2*1-2-4-6-5-3-1;;/h1-9H;2-7H,1H3;2*1-5H;1H2;. The summed E-state index contributed by atoms with van der Waals surface area (Å²) in [5, 5.41) is 0. The Morgan fingerprint density at radius 1 is 0.486 bits per heavy atom. The molecule has 0 radical (unpaired) electrons. The zero-order valence-electron chi connectivity index (χ0n) is 21.1. The molecule has 2 aliphatic rings. The second-order valence-electron chi connectivity index (χ2n) is 10.9. The molecule has 0 aromatic heterocycles. The summed E-state index contributed by atoms with van der Waals surface area (Å²) < 4.78 is 3.84. The van der Waals surface area contributed by atoms with E-state index in [-0.39, 0.29) is 0 Å². The Labute approximate surface area is 222 Å². The van der Waals surface area contributed by atoms with Crippen LogP contribution in [0.2, 0.25) is 0 Å². The van der Waals surface area contributed by atoms with Gasteiger partial charge in [0.1, 0.15) is 0 Å². The van der Waals surface area contributed by atoms with E-state index in [1.165, 1.54) is 39.0 Å². The van der Waals surface area contributed by atoms with Crippen LogP contribution >= 0.6 is 0 Å². The second-order valence-corrected chi connectivity index (χ2v) is 33.7. The maximum absolute atomic E-state index is 4.42. The zero-order chi connectivity index (χ0) is 25.1. The number of allylic oxidation sites excluding steroid dienone is 2. The van der Waals surface area contributed by atoms with Crippen molar-refractivity contribution >= 4 is 19.0 Å². The maximum atomic E-state index is 2.65. The Hall–Kier alpha value is -3.06. The van der Waals surface area contributed by atoms with Crippen LogP contribution in [0.25, 0.3) is 16.7 Å². The predicted octanol–water partition coefficient (Wildman–Crippen LogP) is 6.80. The van der Waals surface area contributed by atoms with Gasteiger partial charge in [-0.2, -0.15) is 0 Å². The predicted molar refractivity (Wildman–Crippen MR) is 157 cm³/mol. The van der Waals surface area contributed by atoms with Gasteiger partial charge in [-0.3, -0.25) is 0 Å². The molecule has 1 atom stereocenters. The van der Waals surface area contributed by atoms with Gasteiger partial charge in [-0.25, -0.2) is 0 Å². The zero-order valence-corrected chi connectivity index (χ0v) is 25.0. The average Bonchev–Trinajstić information content (AvgIpc) is 3.50. The van der Waals surface area contributed by atoms with Crippen molar-refractivity contribution in [1.29, 1.82) is 0 Å². The Balaban J connectivity index is 1.71. The van der Waals surface area contributed by atoms with Crippen molar-refractivity contribution in [3.63, 3.8) is 0 Å². The van der Waals surface area contributed by atoms with E-state index in [2.05, 4.69) is 153 Å². The molecule has 178 valence electrons. The van der Waals surface area contributed by atoms with Crippen molar-refractivity contribution in [1.82, 2.24) is 0 Å². The van der Waals surface area contributed by atoms with Gasteiger partial charge in [0.25, 0.3) is 0 Å². The molecule has 2 heteroatoms. The Kier molecular flexibility index (Phi) is 5.29. The molecular weight excluding hydrogens is 540 g/mol. The molecule has 0 saturated heterocycles. The van der Waals surface area contributed by atoms with Gasteiger partial charge in [0.15, 0.2) is 0 Å². The van der Waals surface area contributed by atoms with Gasteiger partial charge < -0.3 is 0 Å². The van der Waals surface area contributed by atoms with Crippen LogP contribution in [-0.4, -0.2) is 6.88 Å². The molecule has 0 spiro atoms. The monoisotopic (exact) mass is 568 g/mol. The first kappa shape index (κ1) is 23.1. The van der Waals surface area contributed by atoms with Crippen molar-refractivity contribution in [3.8, 4) is 11.1 Å². The fraction of sp³-hybridized carbons (Fsp3) is 0.0857. The Morgan fingerprint density at radius 3 is 1.41 bits per heavy atom. The van der Waals surface area contributed by atoms with Crippen LogP contribution < -0.4 is 6.54 Å². The first-order valence-corrected chi connectivity index (χ1v) is 24.4. The van der Waals surface area contributed by atoms with Gasteiger partial charge in [0.2, 0.25) is 0 Å². The fourth-order valence-electron chi connectivity index (χ4n) is 7.67. The van der Waals surface area contributed by atoms with Gasteiger partial charge in [0, 0.05) is 0 Å². The van der Waals surface area contributed by atoms with Crippen LogP contribution in [0, 0.1) is 0 Å². The summed E-state index contributed by atoms with van der Waals surface area (Å²) in [6.07, 6.45) is 2.65. The summed E-state index contributed by atoms with van der Waals surface area (Å²) >= 11 is -4.42. The summed E-state index contributed by atoms with van der Waals surface area (Å²) in [5.74, 6) is 0. The number of rotatable bonds is 4. The van der Waals surface area contributed by atoms with E-state index in [1.807, 2.05) is 0 Å². The molecule has 0 N–H and O–H groups in total. The van der Waals surface area contributed by atoms with Crippen LogP contribution in [0.4, 0.5) is 0 Å². The molecule has 0 heterocycles. The summed E-state index contributed by atoms with van der Waals surface area (Å²) in [7, 11) is 0. The van der Waals surface area contributed by atoms with Crippen LogP contribution in [0.15, 0.2) is 140 Å². The summed E-state index contributed by atoms with van der Waals surface area (Å²) in [6, 6.07) is 50.9. The van der Waals surface area contributed by atoms with E-state index in [1.54, 1.807) is 6.54 Å². The number of hydrogen-bond acceptors (Lipinski definition) is 0. The molecule has 37 heavy (non-hydrogen) atoms. The number of fused-ring (bicyclic) bond motifs is 4. The van der Waals surface area contributed by atoms with Crippen LogP contribution in [0.5, 0.6) is 0 Å². The van der Waals surface area contributed by atoms with E-state index in [9.17, 15) is 0 Å². The molecule has 1 unspecified atom stereocenters. The van der Waals surface area contributed by atoms with E-state index >= 15 is 0 Å². The molecule has 5 aromatic rings. The summed E-state index contributed by atoms with van der Waals surface area (Å²) in [6.45, 7) is 4.74. The third-order valence-electron chi connectivity index (χ3n) is 9.25. The summed E-state index contributed by atoms with van der Waals surface area (Å²) in [4.78, 5) is 0. The minimum absolute atomic E-state index is 0.345. The quantitative estimate of drug-likeness (QED) is 0.209. The van der Waals surface area contributed by atoms with Crippen molar-refractivity contribution in [2.45, 2.75) is 14.2 Å². The normalized spacial score (nSPS) is 16.6. The summed E-state index contributed by atoms with van der Waals surface area (Å²) in [5.41, 5.74) is 10.2. The average molecular weight is 570 g/mol. The molecule has 7 rings (SSSR count). The van der Waals surface area contributed by atoms with Gasteiger partial charge in [-0.1, -0.05) is 0 Å². The third-order valence-corrected chi connectivity index (χ3v) is 36.9. The molecule has 0 aliphatic heterocycles. The van der Waals surface area contributed by atoms with Crippen molar-refractivity contribution < 1.29 is 17.4 Å². The van der Waals surface area contributed by atoms with Gasteiger partial charge in [0.05, 0.1) is 0 Å². The first-order chi connectivity index (χ1) is 18.1. The first-order valence-electron chi connectivity index (χ1n) is 13.2. The van der Waals surface area contributed by atoms with Gasteiger partial charge in [-0.05, 0) is 0 Å². The van der Waals surface area contributed by atoms with Crippen LogP contribution in [0.1, 0.15) is 36.4 Å². The van der Waals surface area contributed by atoms with Crippen LogP contribution in [0.3, 0.4) is 0 Å². The SMILES string of the molecule is CC1=C[CH]([Zr](=[SiH2])([c]2ccccc2)([c]2ccccc2)[CH]2c3ccccc3-c3ccccc32)c2ccccc21. The fourth-order valence-corrected chi connectivity index (χ4v) is 33.6. The number of hydrogen-bond donors (Lipinski definition) is 0. The molecule has 0 nitrogen and oxygen atoms in total. The second kappa shape index (κ2) is 8.48. The van der Waals surface area contributed by atoms with E-state index in [4.69, 9.17) is 0 Å². The van der Waals surface area contributed by atoms with Gasteiger partial charge in [-0.15, -0.1) is 0 Å². The molecule has 2 aliphatic carbocycles. The molecule has 0 fully saturated rings. The Bertz CT molecular complexity index is 1660. The van der Waals surface area contributed by atoms with Crippen molar-refractivity contribution in [3.05, 3.63) is 162 Å². The third kappa shape index (κ3) is 3.03. The molecule has 0 bridgehead atoms. The minimum atomic E-state index is -4.42. The molecule has 5 aromatic carbocycles. The van der Waals surface area contributed by atoms with Crippen molar-refractivity contribution in [2.24, 2.45) is 0 Å². The van der Waals surface area contributed by atoms with Gasteiger partial charge >= 0.3 is 223 Å². The van der Waals surface area contributed by atoms with E-state index in [0.717, 1.165) is 0 Å². The van der Waals surface area contributed by atoms with E-state index in [0.29, 0.717) is 7.25 Å². The molecule has 0 saturated carbocycles. The van der Waals surface area contributed by atoms with Crippen molar-refractivity contribution in [2.75, 3.05) is 0 Å². The topological polar surface area (TPSA) is 0 Å². The van der Waals surface area contributed by atoms with Crippen LogP contribution in [-0.2, 0) is 17.4 Å². The van der Waals surface area contributed by atoms with E-state index < -0.39 is 17.4 Å². The number of benzene rings is 5. The molecular formula is C35H30SiZr. The molecule has 0 amide bonds. The Morgan fingerprint density at radius 2 is 0.892 bits per heavy atom.